The lowest BCUT2D eigenvalue weighted by molar-refractivity contribution is 0.473. The monoisotopic (exact) mass is 196 g/mol. The Morgan fingerprint density at radius 2 is 0.692 bits per heavy atom. The second-order valence-corrected chi connectivity index (χ2v) is 8.28. The van der Waals surface area contributed by atoms with Crippen molar-refractivity contribution >= 4 is 8.72 Å². The van der Waals surface area contributed by atoms with Crippen LogP contribution in [0.15, 0.2) is 0 Å². The Kier molecular flexibility index (Phi) is 1.23. The molecule has 0 unspecified atom stereocenters. The quantitative estimate of drug-likeness (QED) is 0.408. The Morgan fingerprint density at radius 1 is 0.462 bits per heavy atom. The zero-order valence-electron chi connectivity index (χ0n) is 7.95. The fraction of sp³-hybridized carbons (Fsp3) is 1.00. The molecule has 4 aliphatic rings. The van der Waals surface area contributed by atoms with Crippen molar-refractivity contribution in [3.05, 3.63) is 0 Å². The van der Waals surface area contributed by atoms with Crippen LogP contribution in [0.3, 0.4) is 0 Å². The molecule has 0 bridgehead atoms. The fourth-order valence-corrected chi connectivity index (χ4v) is 7.80. The summed E-state index contributed by atoms with van der Waals surface area (Å²) in [5.41, 5.74) is 0. The lowest BCUT2D eigenvalue weighted by Crippen LogP contribution is -2.65. The van der Waals surface area contributed by atoms with Gasteiger partial charge in [0.25, 0.3) is 0 Å². The van der Waals surface area contributed by atoms with Crippen molar-refractivity contribution in [1.29, 1.82) is 0 Å². The van der Waals surface area contributed by atoms with Crippen LogP contribution in [0.2, 0.25) is 0 Å². The van der Waals surface area contributed by atoms with Gasteiger partial charge in [0.1, 0.15) is 0 Å². The van der Waals surface area contributed by atoms with Crippen molar-refractivity contribution in [1.82, 2.24) is 18.3 Å². The molecule has 4 rings (SSSR count). The van der Waals surface area contributed by atoms with Crippen molar-refractivity contribution in [3.63, 3.8) is 0 Å². The molecule has 0 saturated carbocycles. The van der Waals surface area contributed by atoms with Crippen molar-refractivity contribution < 1.29 is 0 Å². The van der Waals surface area contributed by atoms with E-state index in [1.54, 1.807) is 0 Å². The highest BCUT2D eigenvalue weighted by molar-refractivity contribution is 6.71. The Hall–Kier alpha value is 0.0569. The molecular weight excluding hydrogens is 180 g/mol. The smallest absolute Gasteiger partial charge is 0.284 e. The minimum atomic E-state index is -1.33. The summed E-state index contributed by atoms with van der Waals surface area (Å²) >= 11 is 0. The molecule has 4 fully saturated rings. The van der Waals surface area contributed by atoms with E-state index < -0.39 is 8.72 Å². The molecule has 0 radical (unpaired) electrons. The summed E-state index contributed by atoms with van der Waals surface area (Å²) in [5.74, 6) is 0. The molecule has 4 saturated heterocycles. The van der Waals surface area contributed by atoms with Crippen molar-refractivity contribution in [2.24, 2.45) is 0 Å². The second kappa shape index (κ2) is 2.17. The average molecular weight is 196 g/mol. The Labute approximate surface area is 80.0 Å². The molecule has 0 aliphatic carbocycles. The van der Waals surface area contributed by atoms with Gasteiger partial charge in [0.05, 0.1) is 0 Å². The van der Waals surface area contributed by atoms with Gasteiger partial charge in [-0.25, -0.2) is 0 Å². The summed E-state index contributed by atoms with van der Waals surface area (Å²) in [4.78, 5) is 0. The summed E-state index contributed by atoms with van der Waals surface area (Å²) in [6.07, 6.45) is 0. The Morgan fingerprint density at radius 3 is 0.846 bits per heavy atom. The molecule has 0 amide bonds. The molecule has 0 aromatic carbocycles. The van der Waals surface area contributed by atoms with Gasteiger partial charge in [0.15, 0.2) is 0 Å². The first kappa shape index (κ1) is 7.36. The number of rotatable bonds is 4. The molecule has 72 valence electrons. The van der Waals surface area contributed by atoms with Gasteiger partial charge in [-0.05, 0) is 0 Å². The predicted octanol–water partition coefficient (Wildman–Crippen LogP) is -1.32. The minimum Gasteiger partial charge on any atom is -0.284 e. The van der Waals surface area contributed by atoms with E-state index >= 15 is 0 Å². The molecule has 0 spiro atoms. The standard InChI is InChI=1S/C8H16N4Si/c1-2-9(1)13(10-3-4-10,11-5-6-11)12-7-8-12/h1-8H2. The van der Waals surface area contributed by atoms with E-state index in [9.17, 15) is 0 Å². The van der Waals surface area contributed by atoms with Gasteiger partial charge in [0, 0.05) is 52.4 Å². The normalized spacial score (nSPS) is 35.1. The second-order valence-electron chi connectivity index (χ2n) is 4.55. The third-order valence-corrected chi connectivity index (χ3v) is 8.67. The molecule has 5 heteroatoms. The molecule has 0 aromatic rings. The summed E-state index contributed by atoms with van der Waals surface area (Å²) in [6.45, 7) is 11.0. The Balaban J connectivity index is 1.71. The van der Waals surface area contributed by atoms with Crippen LogP contribution in [0.1, 0.15) is 0 Å². The van der Waals surface area contributed by atoms with Crippen LogP contribution in [0.25, 0.3) is 0 Å². The van der Waals surface area contributed by atoms with Crippen LogP contribution in [0.4, 0.5) is 0 Å². The van der Waals surface area contributed by atoms with Crippen LogP contribution < -0.4 is 0 Å². The highest BCUT2D eigenvalue weighted by Crippen LogP contribution is 2.39. The first-order valence-corrected chi connectivity index (χ1v) is 7.21. The topological polar surface area (TPSA) is 12.0 Å². The lowest BCUT2D eigenvalue weighted by atomic mass is 11.0. The maximum atomic E-state index is 2.76. The summed E-state index contributed by atoms with van der Waals surface area (Å²) in [5, 5.41) is 0. The third kappa shape index (κ3) is 0.938. The summed E-state index contributed by atoms with van der Waals surface area (Å²) in [6, 6.07) is 0. The van der Waals surface area contributed by atoms with Gasteiger partial charge in [-0.1, -0.05) is 0 Å². The molecule has 0 atom stereocenters. The molecule has 13 heavy (non-hydrogen) atoms. The van der Waals surface area contributed by atoms with Crippen LogP contribution in [0, 0.1) is 0 Å². The molecule has 4 aliphatic heterocycles. The largest absolute Gasteiger partial charge is 0.377 e. The maximum absolute atomic E-state index is 2.76. The van der Waals surface area contributed by atoms with Crippen molar-refractivity contribution in [3.8, 4) is 0 Å². The van der Waals surface area contributed by atoms with Gasteiger partial charge in [0.2, 0.25) is 0 Å². The minimum absolute atomic E-state index is 1.33. The SMILES string of the molecule is C1CN1[Si](N1CC1)(N1CC1)N1CC1. The Bertz CT molecular complexity index is 189. The zero-order valence-corrected chi connectivity index (χ0v) is 8.95. The highest BCUT2D eigenvalue weighted by Gasteiger charge is 2.67. The van der Waals surface area contributed by atoms with Gasteiger partial charge in [-0.3, -0.25) is 18.3 Å². The first-order chi connectivity index (χ1) is 6.42. The van der Waals surface area contributed by atoms with Crippen LogP contribution >= 0.6 is 0 Å². The van der Waals surface area contributed by atoms with Crippen LogP contribution in [0.5, 0.6) is 0 Å². The molecule has 0 N–H and O–H groups in total. The summed E-state index contributed by atoms with van der Waals surface area (Å²) < 4.78 is 11.1. The number of nitrogens with zero attached hydrogens (tertiary/aromatic N) is 4. The van der Waals surface area contributed by atoms with Gasteiger partial charge in [-0.15, -0.1) is 0 Å². The van der Waals surface area contributed by atoms with E-state index in [4.69, 9.17) is 0 Å². The van der Waals surface area contributed by atoms with E-state index in [2.05, 4.69) is 18.3 Å². The molecular formula is C8H16N4Si. The van der Waals surface area contributed by atoms with E-state index in [0.29, 0.717) is 0 Å². The lowest BCUT2D eigenvalue weighted by Gasteiger charge is -2.35. The van der Waals surface area contributed by atoms with E-state index in [1.807, 2.05) is 0 Å². The van der Waals surface area contributed by atoms with Crippen molar-refractivity contribution in [2.75, 3.05) is 52.4 Å². The molecule has 0 aromatic heterocycles. The summed E-state index contributed by atoms with van der Waals surface area (Å²) in [7, 11) is -1.33. The predicted molar refractivity (Wildman–Crippen MR) is 52.0 cm³/mol. The zero-order chi connectivity index (χ0) is 8.47. The van der Waals surface area contributed by atoms with E-state index in [1.165, 1.54) is 52.4 Å². The number of hydrogen-bond acceptors (Lipinski definition) is 4. The molecule has 4 heterocycles. The maximum Gasteiger partial charge on any atom is 0.377 e. The fourth-order valence-electron chi connectivity index (χ4n) is 2.60. The van der Waals surface area contributed by atoms with Crippen molar-refractivity contribution in [2.45, 2.75) is 0 Å². The van der Waals surface area contributed by atoms with Crippen LogP contribution in [-0.2, 0) is 0 Å². The van der Waals surface area contributed by atoms with E-state index in [-0.39, 0.29) is 0 Å². The third-order valence-electron chi connectivity index (χ3n) is 3.49. The highest BCUT2D eigenvalue weighted by atomic mass is 28.4. The first-order valence-electron chi connectivity index (χ1n) is 5.42. The molecule has 4 nitrogen and oxygen atoms in total. The number of hydrogen-bond donors (Lipinski definition) is 0. The van der Waals surface area contributed by atoms with Gasteiger partial charge >= 0.3 is 8.72 Å². The average Bonchev–Trinajstić information content (AvgIpc) is 3.00. The van der Waals surface area contributed by atoms with Gasteiger partial charge in [-0.2, -0.15) is 0 Å². The van der Waals surface area contributed by atoms with Crippen LogP contribution in [-0.4, -0.2) is 79.3 Å². The van der Waals surface area contributed by atoms with E-state index in [0.717, 1.165) is 0 Å². The van der Waals surface area contributed by atoms with Gasteiger partial charge < -0.3 is 0 Å².